The Hall–Kier alpha value is -1.59. The lowest BCUT2D eigenvalue weighted by molar-refractivity contribution is -0.302. The van der Waals surface area contributed by atoms with Crippen molar-refractivity contribution in [3.63, 3.8) is 0 Å². The Balaban J connectivity index is 2.19. The standard InChI is InChI=1S/C65H123NO8/c1-3-5-7-9-11-13-15-17-19-21-23-25-27-29-31-32-34-36-38-40-42-44-46-48-50-52-54-59(68)58(57-73-65-64(72)63(71)62(70)60(56-67)74-65)66-61(69)55-53-51-49-47-45-43-41-39-37-35-33-30-28-26-24-22-20-18-16-14-12-10-8-6-4-2/h22,24,44,46,52,54,58-60,62-65,67-68,70-72H,3-21,23,25-43,45,47-51,53,55-57H2,1-2H3,(H,66,69)/b24-22-,46-44+,54-52+. The molecule has 9 heteroatoms. The Bertz CT molecular complexity index is 1260. The second-order valence-electron chi connectivity index (χ2n) is 22.5. The van der Waals surface area contributed by atoms with Crippen molar-refractivity contribution >= 4 is 5.91 Å². The first kappa shape index (κ1) is 70.4. The normalized spacial score (nSPS) is 19.1. The molecule has 436 valence electrons. The van der Waals surface area contributed by atoms with Crippen LogP contribution in [0.3, 0.4) is 0 Å². The Morgan fingerprint density at radius 1 is 0.446 bits per heavy atom. The molecule has 1 heterocycles. The molecule has 0 spiro atoms. The van der Waals surface area contributed by atoms with Crippen LogP contribution in [0.15, 0.2) is 36.5 Å². The number of nitrogens with one attached hydrogen (secondary N) is 1. The number of carbonyl (C=O) groups excluding carboxylic acids is 1. The molecule has 0 aliphatic carbocycles. The zero-order valence-corrected chi connectivity index (χ0v) is 48.6. The lowest BCUT2D eigenvalue weighted by Crippen LogP contribution is -2.60. The van der Waals surface area contributed by atoms with E-state index in [1.54, 1.807) is 6.08 Å². The highest BCUT2D eigenvalue weighted by atomic mass is 16.7. The van der Waals surface area contributed by atoms with Crippen LogP contribution in [0.4, 0.5) is 0 Å². The third-order valence-corrected chi connectivity index (χ3v) is 15.4. The highest BCUT2D eigenvalue weighted by molar-refractivity contribution is 5.76. The molecular weight excluding hydrogens is 923 g/mol. The summed E-state index contributed by atoms with van der Waals surface area (Å²) in [5.41, 5.74) is 0. The van der Waals surface area contributed by atoms with Gasteiger partial charge < -0.3 is 40.3 Å². The maximum Gasteiger partial charge on any atom is 0.220 e. The second kappa shape index (κ2) is 54.8. The lowest BCUT2D eigenvalue weighted by Gasteiger charge is -2.40. The van der Waals surface area contributed by atoms with Crippen molar-refractivity contribution in [2.24, 2.45) is 0 Å². The van der Waals surface area contributed by atoms with E-state index in [0.717, 1.165) is 38.5 Å². The van der Waals surface area contributed by atoms with Gasteiger partial charge in [-0.2, -0.15) is 0 Å². The van der Waals surface area contributed by atoms with E-state index >= 15 is 0 Å². The second-order valence-corrected chi connectivity index (χ2v) is 22.5. The zero-order valence-electron chi connectivity index (χ0n) is 48.6. The molecule has 0 saturated carbocycles. The third-order valence-electron chi connectivity index (χ3n) is 15.4. The van der Waals surface area contributed by atoms with Gasteiger partial charge in [-0.25, -0.2) is 0 Å². The van der Waals surface area contributed by atoms with E-state index in [1.807, 2.05) is 6.08 Å². The minimum absolute atomic E-state index is 0.182. The van der Waals surface area contributed by atoms with E-state index in [9.17, 15) is 30.3 Å². The molecule has 1 aliphatic heterocycles. The smallest absolute Gasteiger partial charge is 0.220 e. The van der Waals surface area contributed by atoms with Crippen LogP contribution in [0.1, 0.15) is 316 Å². The van der Waals surface area contributed by atoms with E-state index in [4.69, 9.17) is 9.47 Å². The Morgan fingerprint density at radius 2 is 0.770 bits per heavy atom. The summed E-state index contributed by atoms with van der Waals surface area (Å²) < 4.78 is 11.3. The molecule has 1 aliphatic rings. The Morgan fingerprint density at radius 3 is 1.14 bits per heavy atom. The predicted molar refractivity (Wildman–Crippen MR) is 313 cm³/mol. The summed E-state index contributed by atoms with van der Waals surface area (Å²) in [5.74, 6) is -0.182. The van der Waals surface area contributed by atoms with Gasteiger partial charge in [0.25, 0.3) is 0 Å². The zero-order chi connectivity index (χ0) is 53.6. The largest absolute Gasteiger partial charge is 0.394 e. The summed E-state index contributed by atoms with van der Waals surface area (Å²) in [6, 6.07) is -0.822. The summed E-state index contributed by atoms with van der Waals surface area (Å²) >= 11 is 0. The van der Waals surface area contributed by atoms with Gasteiger partial charge in [0, 0.05) is 6.42 Å². The fraction of sp³-hybridized carbons (Fsp3) is 0.892. The summed E-state index contributed by atoms with van der Waals surface area (Å²) in [7, 11) is 0. The lowest BCUT2D eigenvalue weighted by atomic mass is 9.99. The van der Waals surface area contributed by atoms with Crippen molar-refractivity contribution in [2.75, 3.05) is 13.2 Å². The number of amides is 1. The summed E-state index contributed by atoms with van der Waals surface area (Å²) in [5, 5.41) is 54.6. The number of aliphatic hydroxyl groups excluding tert-OH is 5. The highest BCUT2D eigenvalue weighted by Crippen LogP contribution is 2.23. The predicted octanol–water partition coefficient (Wildman–Crippen LogP) is 16.7. The summed E-state index contributed by atoms with van der Waals surface area (Å²) in [6.45, 7) is 3.81. The van der Waals surface area contributed by atoms with E-state index in [0.29, 0.717) is 6.42 Å². The fourth-order valence-electron chi connectivity index (χ4n) is 10.3. The van der Waals surface area contributed by atoms with Gasteiger partial charge in [-0.1, -0.05) is 288 Å². The minimum atomic E-state index is -1.57. The van der Waals surface area contributed by atoms with Gasteiger partial charge in [-0.05, 0) is 57.8 Å². The molecule has 74 heavy (non-hydrogen) atoms. The summed E-state index contributed by atoms with van der Waals surface area (Å²) in [4.78, 5) is 13.1. The maximum absolute atomic E-state index is 13.1. The molecule has 1 saturated heterocycles. The van der Waals surface area contributed by atoms with E-state index < -0.39 is 49.5 Å². The quantitative estimate of drug-likeness (QED) is 0.0261. The van der Waals surface area contributed by atoms with Crippen LogP contribution in [0.5, 0.6) is 0 Å². The number of allylic oxidation sites excluding steroid dienone is 5. The Kier molecular flexibility index (Phi) is 52.1. The van der Waals surface area contributed by atoms with Crippen LogP contribution in [0.2, 0.25) is 0 Å². The van der Waals surface area contributed by atoms with Gasteiger partial charge in [0.2, 0.25) is 5.91 Å². The number of aliphatic hydroxyl groups is 5. The van der Waals surface area contributed by atoms with E-state index in [2.05, 4.69) is 43.5 Å². The molecule has 1 amide bonds. The molecule has 6 N–H and O–H groups in total. The molecule has 1 fully saturated rings. The third kappa shape index (κ3) is 43.4. The van der Waals surface area contributed by atoms with Crippen molar-refractivity contribution in [3.8, 4) is 0 Å². The van der Waals surface area contributed by atoms with Crippen molar-refractivity contribution in [2.45, 2.75) is 358 Å². The maximum atomic E-state index is 13.1. The fourth-order valence-corrected chi connectivity index (χ4v) is 10.3. The first-order valence-corrected chi connectivity index (χ1v) is 32.2. The topological polar surface area (TPSA) is 149 Å². The number of hydrogen-bond acceptors (Lipinski definition) is 8. The molecule has 7 atom stereocenters. The molecule has 0 radical (unpaired) electrons. The minimum Gasteiger partial charge on any atom is -0.394 e. The van der Waals surface area contributed by atoms with Crippen LogP contribution in [-0.2, 0) is 14.3 Å². The number of hydrogen-bond donors (Lipinski definition) is 6. The van der Waals surface area contributed by atoms with Gasteiger partial charge in [-0.3, -0.25) is 4.79 Å². The molecule has 0 aromatic rings. The summed E-state index contributed by atoms with van der Waals surface area (Å²) in [6.07, 6.45) is 65.2. The molecule has 0 bridgehead atoms. The van der Waals surface area contributed by atoms with Crippen LogP contribution in [0.25, 0.3) is 0 Å². The monoisotopic (exact) mass is 1050 g/mol. The molecule has 9 nitrogen and oxygen atoms in total. The van der Waals surface area contributed by atoms with Gasteiger partial charge in [0.05, 0.1) is 25.4 Å². The first-order chi connectivity index (χ1) is 36.3. The number of ether oxygens (including phenoxy) is 2. The van der Waals surface area contributed by atoms with Crippen LogP contribution < -0.4 is 5.32 Å². The van der Waals surface area contributed by atoms with E-state index in [1.165, 1.54) is 257 Å². The molecule has 0 aromatic carbocycles. The average Bonchev–Trinajstić information content (AvgIpc) is 3.40. The van der Waals surface area contributed by atoms with Crippen molar-refractivity contribution in [1.29, 1.82) is 0 Å². The van der Waals surface area contributed by atoms with Crippen molar-refractivity contribution < 1.29 is 39.8 Å². The first-order valence-electron chi connectivity index (χ1n) is 32.2. The molecular formula is C65H123NO8. The molecule has 1 rings (SSSR count). The van der Waals surface area contributed by atoms with Crippen molar-refractivity contribution in [1.82, 2.24) is 5.32 Å². The average molecular weight is 1050 g/mol. The van der Waals surface area contributed by atoms with Crippen LogP contribution >= 0.6 is 0 Å². The van der Waals surface area contributed by atoms with Crippen molar-refractivity contribution in [3.05, 3.63) is 36.5 Å². The van der Waals surface area contributed by atoms with Crippen LogP contribution in [-0.4, -0.2) is 87.5 Å². The number of rotatable bonds is 56. The highest BCUT2D eigenvalue weighted by Gasteiger charge is 2.44. The van der Waals surface area contributed by atoms with Gasteiger partial charge in [-0.15, -0.1) is 0 Å². The molecule has 7 unspecified atom stereocenters. The number of unbranched alkanes of at least 4 members (excludes halogenated alkanes) is 42. The van der Waals surface area contributed by atoms with Gasteiger partial charge in [0.1, 0.15) is 24.4 Å². The number of carbonyl (C=O) groups is 1. The Labute approximate surface area is 457 Å². The van der Waals surface area contributed by atoms with Crippen LogP contribution in [0, 0.1) is 0 Å². The van der Waals surface area contributed by atoms with Gasteiger partial charge in [0.15, 0.2) is 6.29 Å². The SMILES string of the molecule is CCCCCCCCCC/C=C\CCCCCCCCCCCCCCCC(=O)NC(COC1OC(CO)C(O)C(O)C1O)C(O)/C=C/CC/C=C/CCCCCCCCCCCCCCCCCCCCCC. The molecule has 0 aromatic heterocycles. The van der Waals surface area contributed by atoms with Gasteiger partial charge >= 0.3 is 0 Å². The van der Waals surface area contributed by atoms with E-state index in [-0.39, 0.29) is 12.5 Å².